The molecule has 0 aliphatic heterocycles. The van der Waals surface area contributed by atoms with Crippen molar-refractivity contribution in [2.45, 2.75) is 6.18 Å². The number of thiophene rings is 1. The van der Waals surface area contributed by atoms with Crippen molar-refractivity contribution in [2.24, 2.45) is 0 Å². The van der Waals surface area contributed by atoms with Crippen molar-refractivity contribution in [2.75, 3.05) is 5.32 Å². The maximum absolute atomic E-state index is 12.9. The van der Waals surface area contributed by atoms with Crippen molar-refractivity contribution in [1.82, 2.24) is 9.38 Å². The van der Waals surface area contributed by atoms with Crippen molar-refractivity contribution in [3.63, 3.8) is 0 Å². The van der Waals surface area contributed by atoms with E-state index in [1.165, 1.54) is 22.7 Å². The summed E-state index contributed by atoms with van der Waals surface area (Å²) in [5.41, 5.74) is -0.00324. The molecule has 1 amide bonds. The molecule has 4 nitrogen and oxygen atoms in total. The normalized spacial score (nSPS) is 11.9. The van der Waals surface area contributed by atoms with Gasteiger partial charge >= 0.3 is 6.18 Å². The van der Waals surface area contributed by atoms with Crippen LogP contribution in [0.5, 0.6) is 0 Å². The number of alkyl halides is 3. The number of aromatic nitrogens is 2. The molecule has 4 rings (SSSR count). The van der Waals surface area contributed by atoms with E-state index in [-0.39, 0.29) is 16.4 Å². The van der Waals surface area contributed by atoms with Gasteiger partial charge in [0.2, 0.25) is 0 Å². The number of carbonyl (C=O) groups excluding carboxylic acids is 1. The monoisotopic (exact) mass is 427 g/mol. The molecule has 3 heterocycles. The number of halogens is 4. The van der Waals surface area contributed by atoms with Gasteiger partial charge in [-0.05, 0) is 29.6 Å². The first-order valence-corrected chi connectivity index (χ1v) is 9.65. The van der Waals surface area contributed by atoms with Crippen molar-refractivity contribution >= 4 is 50.8 Å². The number of fused-ring (bicyclic) bond motifs is 1. The summed E-state index contributed by atoms with van der Waals surface area (Å²) < 4.78 is 40.3. The van der Waals surface area contributed by atoms with Crippen LogP contribution in [-0.4, -0.2) is 15.3 Å². The van der Waals surface area contributed by atoms with E-state index in [4.69, 9.17) is 11.6 Å². The number of hydrogen-bond acceptors (Lipinski definition) is 4. The third kappa shape index (κ3) is 3.45. The third-order valence-electron chi connectivity index (χ3n) is 3.76. The molecule has 1 N–H and O–H groups in total. The van der Waals surface area contributed by atoms with E-state index in [9.17, 15) is 18.0 Å². The second-order valence-electron chi connectivity index (χ2n) is 5.52. The molecule has 0 atom stereocenters. The fourth-order valence-corrected chi connectivity index (χ4v) is 4.17. The standard InChI is InChI=1S/C17H9ClF3N3OS2/c18-10-4-3-9(17(19,20)21)6-11(10)22-15(25)13-8-27-16-23-12(7-24(13)16)14-2-1-5-26-14/h1-8H,(H,22,25). The van der Waals surface area contributed by atoms with E-state index in [0.717, 1.165) is 28.8 Å². The van der Waals surface area contributed by atoms with Gasteiger partial charge in [0.15, 0.2) is 4.96 Å². The van der Waals surface area contributed by atoms with Crippen LogP contribution in [0.1, 0.15) is 16.1 Å². The van der Waals surface area contributed by atoms with Crippen LogP contribution in [0.4, 0.5) is 18.9 Å². The van der Waals surface area contributed by atoms with Crippen molar-refractivity contribution in [1.29, 1.82) is 0 Å². The van der Waals surface area contributed by atoms with Crippen molar-refractivity contribution in [3.05, 3.63) is 63.6 Å². The molecule has 0 bridgehead atoms. The molecule has 1 aromatic carbocycles. The number of thiazole rings is 1. The summed E-state index contributed by atoms with van der Waals surface area (Å²) in [7, 11) is 0. The largest absolute Gasteiger partial charge is 0.416 e. The number of benzene rings is 1. The summed E-state index contributed by atoms with van der Waals surface area (Å²) in [6, 6.07) is 6.60. The third-order valence-corrected chi connectivity index (χ3v) is 5.82. The van der Waals surface area contributed by atoms with E-state index < -0.39 is 17.6 Å². The quantitative estimate of drug-likeness (QED) is 0.432. The van der Waals surface area contributed by atoms with E-state index >= 15 is 0 Å². The Kier molecular flexibility index (Phi) is 4.45. The molecule has 0 radical (unpaired) electrons. The predicted molar refractivity (Wildman–Crippen MR) is 101 cm³/mol. The number of hydrogen-bond donors (Lipinski definition) is 1. The van der Waals surface area contributed by atoms with Gasteiger partial charge in [0.1, 0.15) is 11.4 Å². The Morgan fingerprint density at radius 3 is 2.74 bits per heavy atom. The lowest BCUT2D eigenvalue weighted by Gasteiger charge is -2.11. The molecule has 0 spiro atoms. The van der Waals surface area contributed by atoms with Gasteiger partial charge < -0.3 is 5.32 Å². The summed E-state index contributed by atoms with van der Waals surface area (Å²) in [5, 5.41) is 5.99. The molecule has 0 aliphatic carbocycles. The highest BCUT2D eigenvalue weighted by molar-refractivity contribution is 7.15. The van der Waals surface area contributed by atoms with E-state index in [0.29, 0.717) is 4.96 Å². The first kappa shape index (κ1) is 18.0. The first-order chi connectivity index (χ1) is 12.8. The number of nitrogens with zero attached hydrogens (tertiary/aromatic N) is 2. The Morgan fingerprint density at radius 2 is 2.04 bits per heavy atom. The van der Waals surface area contributed by atoms with Crippen LogP contribution in [0.3, 0.4) is 0 Å². The molecular formula is C17H9ClF3N3OS2. The van der Waals surface area contributed by atoms with E-state index in [1.54, 1.807) is 16.0 Å². The van der Waals surface area contributed by atoms with Crippen LogP contribution >= 0.6 is 34.3 Å². The fraction of sp³-hybridized carbons (Fsp3) is 0.0588. The van der Waals surface area contributed by atoms with E-state index in [2.05, 4.69) is 10.3 Å². The maximum atomic E-state index is 12.9. The lowest BCUT2D eigenvalue weighted by atomic mass is 10.2. The Hall–Kier alpha value is -2.36. The van der Waals surface area contributed by atoms with Gasteiger partial charge in [0.05, 0.1) is 21.2 Å². The van der Waals surface area contributed by atoms with Gasteiger partial charge in [-0.2, -0.15) is 13.2 Å². The Morgan fingerprint density at radius 1 is 1.22 bits per heavy atom. The number of anilines is 1. The predicted octanol–water partition coefficient (Wildman–Crippen LogP) is 6.05. The van der Waals surface area contributed by atoms with Gasteiger partial charge in [0.25, 0.3) is 5.91 Å². The van der Waals surface area contributed by atoms with Gasteiger partial charge in [-0.3, -0.25) is 9.20 Å². The SMILES string of the molecule is O=C(Nc1cc(C(F)(F)F)ccc1Cl)c1csc2nc(-c3cccs3)cn12. The highest BCUT2D eigenvalue weighted by Gasteiger charge is 2.31. The number of imidazole rings is 1. The van der Waals surface area contributed by atoms with Crippen LogP contribution in [-0.2, 0) is 6.18 Å². The molecule has 27 heavy (non-hydrogen) atoms. The summed E-state index contributed by atoms with van der Waals surface area (Å²) in [5.74, 6) is -0.572. The second kappa shape index (κ2) is 6.66. The van der Waals surface area contributed by atoms with Crippen molar-refractivity contribution in [3.8, 4) is 10.6 Å². The lowest BCUT2D eigenvalue weighted by Crippen LogP contribution is -2.15. The minimum Gasteiger partial charge on any atom is -0.319 e. The second-order valence-corrected chi connectivity index (χ2v) is 7.71. The zero-order valence-corrected chi connectivity index (χ0v) is 15.6. The number of rotatable bonds is 3. The lowest BCUT2D eigenvalue weighted by molar-refractivity contribution is -0.137. The Balaban J connectivity index is 1.66. The van der Waals surface area contributed by atoms with Gasteiger partial charge in [-0.1, -0.05) is 17.7 Å². The zero-order valence-electron chi connectivity index (χ0n) is 13.2. The number of amides is 1. The van der Waals surface area contributed by atoms with Crippen molar-refractivity contribution < 1.29 is 18.0 Å². The molecule has 0 saturated heterocycles. The highest BCUT2D eigenvalue weighted by Crippen LogP contribution is 2.34. The smallest absolute Gasteiger partial charge is 0.319 e. The average molecular weight is 428 g/mol. The van der Waals surface area contributed by atoms with Gasteiger partial charge in [-0.15, -0.1) is 22.7 Å². The fourth-order valence-electron chi connectivity index (χ4n) is 2.47. The molecule has 3 aromatic heterocycles. The Labute approximate surface area is 163 Å². The summed E-state index contributed by atoms with van der Waals surface area (Å²) in [6.07, 6.45) is -2.81. The van der Waals surface area contributed by atoms with Crippen LogP contribution in [0, 0.1) is 0 Å². The van der Waals surface area contributed by atoms with Crippen LogP contribution in [0.2, 0.25) is 5.02 Å². The molecule has 138 valence electrons. The minimum absolute atomic E-state index is 0.0210. The Bertz CT molecular complexity index is 1130. The average Bonchev–Trinajstić information content (AvgIpc) is 3.31. The first-order valence-electron chi connectivity index (χ1n) is 7.51. The summed E-state index contributed by atoms with van der Waals surface area (Å²) in [4.78, 5) is 18.6. The van der Waals surface area contributed by atoms with Gasteiger partial charge in [-0.25, -0.2) is 4.98 Å². The molecular weight excluding hydrogens is 419 g/mol. The molecule has 0 aliphatic rings. The molecule has 10 heteroatoms. The summed E-state index contributed by atoms with van der Waals surface area (Å²) >= 11 is 8.73. The highest BCUT2D eigenvalue weighted by atomic mass is 35.5. The zero-order chi connectivity index (χ0) is 19.2. The van der Waals surface area contributed by atoms with Gasteiger partial charge in [0, 0.05) is 11.6 Å². The molecule has 0 saturated carbocycles. The van der Waals surface area contributed by atoms with Crippen LogP contribution in [0.25, 0.3) is 15.5 Å². The van der Waals surface area contributed by atoms with Crippen LogP contribution in [0.15, 0.2) is 47.3 Å². The number of nitrogens with one attached hydrogen (secondary N) is 1. The molecule has 0 unspecified atom stereocenters. The topological polar surface area (TPSA) is 46.4 Å². The minimum atomic E-state index is -4.53. The molecule has 4 aromatic rings. The summed E-state index contributed by atoms with van der Waals surface area (Å²) in [6.45, 7) is 0. The number of carbonyl (C=O) groups is 1. The van der Waals surface area contributed by atoms with Crippen LogP contribution < -0.4 is 5.32 Å². The maximum Gasteiger partial charge on any atom is 0.416 e. The molecule has 0 fully saturated rings. The van der Waals surface area contributed by atoms with E-state index in [1.807, 2.05) is 17.5 Å².